The quantitative estimate of drug-likeness (QED) is 0.839. The minimum atomic E-state index is -0.468. The van der Waals surface area contributed by atoms with E-state index in [1.54, 1.807) is 0 Å². The predicted octanol–water partition coefficient (Wildman–Crippen LogP) is 1.75. The van der Waals surface area contributed by atoms with Crippen LogP contribution in [0.2, 0.25) is 0 Å². The summed E-state index contributed by atoms with van der Waals surface area (Å²) in [6.45, 7) is 12.8. The molecule has 1 heterocycles. The first-order chi connectivity index (χ1) is 11.0. The Bertz CT molecular complexity index is 492. The number of anilines is 1. The van der Waals surface area contributed by atoms with Crippen LogP contribution in [-0.2, 0) is 11.3 Å². The second-order valence-corrected chi connectivity index (χ2v) is 6.67. The monoisotopic (exact) mass is 318 g/mol. The molecule has 1 aliphatic rings. The van der Waals surface area contributed by atoms with E-state index in [9.17, 15) is 4.79 Å². The first-order valence-electron chi connectivity index (χ1n) is 8.59. The molecule has 1 saturated heterocycles. The highest BCUT2D eigenvalue weighted by Gasteiger charge is 2.17. The molecular weight excluding hydrogens is 288 g/mol. The summed E-state index contributed by atoms with van der Waals surface area (Å²) in [4.78, 5) is 16.9. The molecule has 2 rings (SSSR count). The topological polar surface area (TPSA) is 61.6 Å². The third-order valence-electron chi connectivity index (χ3n) is 4.56. The molecule has 1 aliphatic heterocycles. The minimum Gasteiger partial charge on any atom is -0.325 e. The molecule has 0 aliphatic carbocycles. The van der Waals surface area contributed by atoms with Crippen LogP contribution in [0.4, 0.5) is 5.69 Å². The molecule has 0 aromatic heterocycles. The Labute approximate surface area is 139 Å². The summed E-state index contributed by atoms with van der Waals surface area (Å²) in [5.74, 6) is 0.0134. The largest absolute Gasteiger partial charge is 0.325 e. The third kappa shape index (κ3) is 5.30. The maximum absolute atomic E-state index is 12.0. The molecule has 0 bridgehead atoms. The van der Waals surface area contributed by atoms with Crippen LogP contribution in [0.3, 0.4) is 0 Å². The lowest BCUT2D eigenvalue weighted by Crippen LogP contribution is -2.45. The average Bonchev–Trinajstić information content (AvgIpc) is 2.56. The number of rotatable bonds is 6. The van der Waals surface area contributed by atoms with Gasteiger partial charge in [0.15, 0.2) is 0 Å². The van der Waals surface area contributed by atoms with Crippen molar-refractivity contribution >= 4 is 11.6 Å². The van der Waals surface area contributed by atoms with Crippen LogP contribution < -0.4 is 11.1 Å². The van der Waals surface area contributed by atoms with Gasteiger partial charge in [-0.2, -0.15) is 0 Å². The normalized spacial score (nSPS) is 18.1. The highest BCUT2D eigenvalue weighted by atomic mass is 16.2. The fourth-order valence-corrected chi connectivity index (χ4v) is 2.74. The molecule has 5 nitrogen and oxygen atoms in total. The van der Waals surface area contributed by atoms with E-state index in [0.717, 1.165) is 45.0 Å². The first kappa shape index (κ1) is 17.9. The number of nitrogens with zero attached hydrogens (tertiary/aromatic N) is 2. The number of likely N-dealkylation sites (N-methyl/N-ethyl adjacent to an activating group) is 1. The van der Waals surface area contributed by atoms with Crippen LogP contribution in [-0.4, -0.2) is 54.5 Å². The summed E-state index contributed by atoms with van der Waals surface area (Å²) in [5, 5.41) is 2.88. The van der Waals surface area contributed by atoms with Crippen LogP contribution in [0, 0.1) is 5.92 Å². The molecule has 128 valence electrons. The van der Waals surface area contributed by atoms with Gasteiger partial charge < -0.3 is 16.0 Å². The van der Waals surface area contributed by atoms with Gasteiger partial charge in [0.1, 0.15) is 0 Å². The summed E-state index contributed by atoms with van der Waals surface area (Å²) in [7, 11) is 0. The van der Waals surface area contributed by atoms with E-state index in [0.29, 0.717) is 0 Å². The van der Waals surface area contributed by atoms with Crippen LogP contribution in [0.1, 0.15) is 26.3 Å². The van der Waals surface area contributed by atoms with E-state index in [1.807, 2.05) is 26.0 Å². The van der Waals surface area contributed by atoms with E-state index >= 15 is 0 Å². The first-order valence-corrected chi connectivity index (χ1v) is 8.59. The van der Waals surface area contributed by atoms with E-state index in [4.69, 9.17) is 5.73 Å². The summed E-state index contributed by atoms with van der Waals surface area (Å²) >= 11 is 0. The van der Waals surface area contributed by atoms with Gasteiger partial charge in [-0.05, 0) is 30.2 Å². The van der Waals surface area contributed by atoms with E-state index in [1.165, 1.54) is 5.56 Å². The summed E-state index contributed by atoms with van der Waals surface area (Å²) in [6.07, 6.45) is 0. The molecule has 5 heteroatoms. The van der Waals surface area contributed by atoms with Crippen molar-refractivity contribution in [1.82, 2.24) is 9.80 Å². The second kappa shape index (κ2) is 8.43. The van der Waals surface area contributed by atoms with Crippen molar-refractivity contribution < 1.29 is 4.79 Å². The molecule has 3 N–H and O–H groups in total. The number of amides is 1. The van der Waals surface area contributed by atoms with E-state index < -0.39 is 6.04 Å². The van der Waals surface area contributed by atoms with Gasteiger partial charge in [-0.3, -0.25) is 9.69 Å². The lowest BCUT2D eigenvalue weighted by atomic mass is 10.0. The zero-order valence-electron chi connectivity index (χ0n) is 14.6. The van der Waals surface area contributed by atoms with Crippen LogP contribution in [0.15, 0.2) is 24.3 Å². The maximum Gasteiger partial charge on any atom is 0.241 e. The van der Waals surface area contributed by atoms with Crippen molar-refractivity contribution in [2.75, 3.05) is 38.0 Å². The zero-order valence-corrected chi connectivity index (χ0v) is 14.6. The molecule has 0 saturated carbocycles. The number of carbonyl (C=O) groups is 1. The molecule has 23 heavy (non-hydrogen) atoms. The van der Waals surface area contributed by atoms with Gasteiger partial charge in [0.2, 0.25) is 5.91 Å². The minimum absolute atomic E-state index is 0.122. The van der Waals surface area contributed by atoms with Crippen molar-refractivity contribution in [3.05, 3.63) is 29.8 Å². The average molecular weight is 318 g/mol. The molecule has 1 aromatic rings. The number of hydrogen-bond acceptors (Lipinski definition) is 4. The predicted molar refractivity (Wildman–Crippen MR) is 95.3 cm³/mol. The number of nitrogens with two attached hydrogens (primary N) is 1. The number of carbonyl (C=O) groups excluding carboxylic acids is 1. The Hall–Kier alpha value is -1.43. The van der Waals surface area contributed by atoms with Crippen LogP contribution >= 0.6 is 0 Å². The third-order valence-corrected chi connectivity index (χ3v) is 4.56. The molecule has 0 radical (unpaired) electrons. The SMILES string of the molecule is CCN1CCN(Cc2ccc(NC(=O)[C@@H](N)C(C)C)cc2)CC1. The lowest BCUT2D eigenvalue weighted by Gasteiger charge is -2.34. The van der Waals surface area contributed by atoms with Crippen LogP contribution in [0.25, 0.3) is 0 Å². The molecule has 1 atom stereocenters. The number of piperazine rings is 1. The highest BCUT2D eigenvalue weighted by Crippen LogP contribution is 2.14. The number of nitrogens with one attached hydrogen (secondary N) is 1. The van der Waals surface area contributed by atoms with Gasteiger partial charge in [0.25, 0.3) is 0 Å². The van der Waals surface area contributed by atoms with Crippen molar-refractivity contribution in [2.24, 2.45) is 11.7 Å². The Balaban J connectivity index is 1.84. The Morgan fingerprint density at radius 3 is 2.22 bits per heavy atom. The van der Waals surface area contributed by atoms with Crippen molar-refractivity contribution in [3.8, 4) is 0 Å². The zero-order chi connectivity index (χ0) is 16.8. The number of hydrogen-bond donors (Lipinski definition) is 2. The Morgan fingerprint density at radius 2 is 1.70 bits per heavy atom. The summed E-state index contributed by atoms with van der Waals surface area (Å²) < 4.78 is 0. The number of benzene rings is 1. The molecule has 0 spiro atoms. The smallest absolute Gasteiger partial charge is 0.241 e. The van der Waals surface area contributed by atoms with Crippen molar-refractivity contribution in [2.45, 2.75) is 33.4 Å². The molecule has 1 aromatic carbocycles. The standard InChI is InChI=1S/C18H30N4O/c1-4-21-9-11-22(12-10-21)13-15-5-7-16(8-6-15)20-18(23)17(19)14(2)3/h5-8,14,17H,4,9-13,19H2,1-3H3,(H,20,23)/t17-/m0/s1. The van der Waals surface area contributed by atoms with E-state index in [2.05, 4.69) is 34.2 Å². The summed E-state index contributed by atoms with van der Waals surface area (Å²) in [5.41, 5.74) is 7.95. The summed E-state index contributed by atoms with van der Waals surface area (Å²) in [6, 6.07) is 7.63. The maximum atomic E-state index is 12.0. The van der Waals surface area contributed by atoms with Crippen molar-refractivity contribution in [1.29, 1.82) is 0 Å². The van der Waals surface area contributed by atoms with Crippen LogP contribution in [0.5, 0.6) is 0 Å². The molecule has 1 amide bonds. The van der Waals surface area contributed by atoms with Gasteiger partial charge >= 0.3 is 0 Å². The molecule has 1 fully saturated rings. The molecule has 0 unspecified atom stereocenters. The van der Waals surface area contributed by atoms with Gasteiger partial charge in [0.05, 0.1) is 6.04 Å². The van der Waals surface area contributed by atoms with Gasteiger partial charge in [0, 0.05) is 38.4 Å². The lowest BCUT2D eigenvalue weighted by molar-refractivity contribution is -0.118. The second-order valence-electron chi connectivity index (χ2n) is 6.67. The Morgan fingerprint density at radius 1 is 1.13 bits per heavy atom. The highest BCUT2D eigenvalue weighted by molar-refractivity contribution is 5.94. The van der Waals surface area contributed by atoms with Gasteiger partial charge in [-0.15, -0.1) is 0 Å². The Kier molecular flexibility index (Phi) is 6.57. The fourth-order valence-electron chi connectivity index (χ4n) is 2.74. The van der Waals surface area contributed by atoms with Gasteiger partial charge in [-0.1, -0.05) is 32.9 Å². The van der Waals surface area contributed by atoms with Gasteiger partial charge in [-0.25, -0.2) is 0 Å². The molecular formula is C18H30N4O. The van der Waals surface area contributed by atoms with Crippen molar-refractivity contribution in [3.63, 3.8) is 0 Å². The van der Waals surface area contributed by atoms with E-state index in [-0.39, 0.29) is 11.8 Å². The fraction of sp³-hybridized carbons (Fsp3) is 0.611.